The molecule has 2 N–H and O–H groups in total. The highest BCUT2D eigenvalue weighted by Gasteiger charge is 2.13. The van der Waals surface area contributed by atoms with Gasteiger partial charge in [-0.05, 0) is 18.2 Å². The maximum atomic E-state index is 10.8. The van der Waals surface area contributed by atoms with Crippen LogP contribution < -0.4 is 9.46 Å². The van der Waals surface area contributed by atoms with Crippen LogP contribution in [0.15, 0.2) is 48.5 Å². The van der Waals surface area contributed by atoms with Gasteiger partial charge in [0.1, 0.15) is 11.5 Å². The second kappa shape index (κ2) is 6.93. The molecule has 0 aliphatic heterocycles. The Morgan fingerprint density at radius 3 is 2.57 bits per heavy atom. The zero-order chi connectivity index (χ0) is 15.2. The molecule has 2 aromatic carbocycles. The molecular formula is C13H12N2O5S. The number of nitrogens with one attached hydrogen (secondary N) is 1. The van der Waals surface area contributed by atoms with E-state index < -0.39 is 16.2 Å². The number of hydrogen-bond acceptors (Lipinski definition) is 4. The molecule has 2 rings (SSSR count). The summed E-state index contributed by atoms with van der Waals surface area (Å²) in [4.78, 5) is 10.3. The molecule has 0 radical (unpaired) electrons. The fraction of sp³-hybridized carbons (Fsp3) is 0.0769. The van der Waals surface area contributed by atoms with Crippen LogP contribution in [-0.2, 0) is 17.8 Å². The maximum absolute atomic E-state index is 10.8. The summed E-state index contributed by atoms with van der Waals surface area (Å²) in [6, 6.07) is 12.9. The number of non-ortho nitro benzene ring substituents is 1. The molecule has 110 valence electrons. The molecule has 0 saturated carbocycles. The number of nitro groups is 1. The van der Waals surface area contributed by atoms with Crippen molar-refractivity contribution in [3.63, 3.8) is 0 Å². The van der Waals surface area contributed by atoms with Gasteiger partial charge in [0.15, 0.2) is 0 Å². The summed E-state index contributed by atoms with van der Waals surface area (Å²) < 4.78 is 27.3. The van der Waals surface area contributed by atoms with Crippen molar-refractivity contribution in [3.8, 4) is 11.5 Å². The lowest BCUT2D eigenvalue weighted by atomic mass is 10.2. The van der Waals surface area contributed by atoms with Crippen molar-refractivity contribution in [3.05, 3.63) is 64.2 Å². The van der Waals surface area contributed by atoms with Gasteiger partial charge in [-0.3, -0.25) is 14.7 Å². The van der Waals surface area contributed by atoms with Gasteiger partial charge in [0.05, 0.1) is 11.0 Å². The number of rotatable bonds is 6. The fourth-order valence-corrected chi connectivity index (χ4v) is 1.93. The lowest BCUT2D eigenvalue weighted by Gasteiger charge is -2.11. The molecule has 21 heavy (non-hydrogen) atoms. The summed E-state index contributed by atoms with van der Waals surface area (Å²) in [6.45, 7) is 0.0449. The van der Waals surface area contributed by atoms with E-state index in [9.17, 15) is 14.3 Å². The van der Waals surface area contributed by atoms with Gasteiger partial charge < -0.3 is 4.74 Å². The van der Waals surface area contributed by atoms with Crippen molar-refractivity contribution in [1.29, 1.82) is 0 Å². The Hall–Kier alpha value is -2.29. The van der Waals surface area contributed by atoms with E-state index in [0.29, 0.717) is 11.3 Å². The van der Waals surface area contributed by atoms with Gasteiger partial charge >= 0.3 is 0 Å². The van der Waals surface area contributed by atoms with E-state index in [1.54, 1.807) is 24.3 Å². The van der Waals surface area contributed by atoms with Crippen LogP contribution in [0.1, 0.15) is 5.56 Å². The highest BCUT2D eigenvalue weighted by molar-refractivity contribution is 7.77. The molecule has 8 heteroatoms. The first kappa shape index (κ1) is 15.1. The van der Waals surface area contributed by atoms with Crippen molar-refractivity contribution in [2.45, 2.75) is 6.54 Å². The molecule has 0 aliphatic carbocycles. The quantitative estimate of drug-likeness (QED) is 0.485. The molecule has 1 unspecified atom stereocenters. The molecule has 0 heterocycles. The van der Waals surface area contributed by atoms with Gasteiger partial charge in [-0.25, -0.2) is 8.93 Å². The minimum absolute atomic E-state index is 0.0449. The molecule has 0 aliphatic rings. The summed E-state index contributed by atoms with van der Waals surface area (Å²) in [6.07, 6.45) is 0. The number of nitro benzene ring substituents is 1. The normalized spacial score (nSPS) is 11.9. The summed E-state index contributed by atoms with van der Waals surface area (Å²) in [7, 11) is 0. The second-order valence-electron chi connectivity index (χ2n) is 4.03. The maximum Gasteiger partial charge on any atom is 0.273 e. The van der Waals surface area contributed by atoms with E-state index >= 15 is 0 Å². The van der Waals surface area contributed by atoms with Gasteiger partial charge in [-0.2, -0.15) is 0 Å². The van der Waals surface area contributed by atoms with Gasteiger partial charge in [-0.1, -0.05) is 18.2 Å². The monoisotopic (exact) mass is 308 g/mol. The predicted octanol–water partition coefficient (Wildman–Crippen LogP) is 2.61. The van der Waals surface area contributed by atoms with E-state index in [1.165, 1.54) is 18.2 Å². The van der Waals surface area contributed by atoms with E-state index in [2.05, 4.69) is 4.72 Å². The highest BCUT2D eigenvalue weighted by Crippen LogP contribution is 2.29. The number of hydrogen-bond donors (Lipinski definition) is 2. The van der Waals surface area contributed by atoms with Crippen molar-refractivity contribution in [2.75, 3.05) is 0 Å². The van der Waals surface area contributed by atoms with Crippen LogP contribution in [0, 0.1) is 10.1 Å². The first-order valence-corrected chi connectivity index (χ1v) is 7.01. The lowest BCUT2D eigenvalue weighted by Crippen LogP contribution is -2.15. The third-order valence-corrected chi connectivity index (χ3v) is 3.01. The van der Waals surface area contributed by atoms with Crippen molar-refractivity contribution >= 4 is 17.0 Å². The number of benzene rings is 2. The topological polar surface area (TPSA) is 102 Å². The Kier molecular flexibility index (Phi) is 4.99. The van der Waals surface area contributed by atoms with Gasteiger partial charge in [-0.15, -0.1) is 0 Å². The molecule has 0 saturated heterocycles. The Morgan fingerprint density at radius 1 is 1.24 bits per heavy atom. The first-order chi connectivity index (χ1) is 10.1. The van der Waals surface area contributed by atoms with E-state index in [0.717, 1.165) is 0 Å². The van der Waals surface area contributed by atoms with E-state index in [4.69, 9.17) is 9.29 Å². The zero-order valence-corrected chi connectivity index (χ0v) is 11.6. The SMILES string of the molecule is O=[N+]([O-])c1ccc(CNS(=O)O)c(Oc2ccccc2)c1. The molecule has 1 atom stereocenters. The van der Waals surface area contributed by atoms with Gasteiger partial charge in [0, 0.05) is 18.2 Å². The minimum Gasteiger partial charge on any atom is -0.457 e. The summed E-state index contributed by atoms with van der Waals surface area (Å²) >= 11 is -2.17. The number of ether oxygens (including phenoxy) is 1. The van der Waals surface area contributed by atoms with Crippen LogP contribution in [0.5, 0.6) is 11.5 Å². The average Bonchev–Trinajstić information content (AvgIpc) is 2.46. The van der Waals surface area contributed by atoms with E-state index in [1.807, 2.05) is 6.07 Å². The molecule has 0 aromatic heterocycles. The van der Waals surface area contributed by atoms with Crippen molar-refractivity contribution < 1.29 is 18.4 Å². The van der Waals surface area contributed by atoms with Crippen molar-refractivity contribution in [1.82, 2.24) is 4.72 Å². The molecule has 0 fully saturated rings. The number of nitrogens with zero attached hydrogens (tertiary/aromatic N) is 1. The standard InChI is InChI=1S/C13H12N2O5S/c16-15(17)11-7-6-10(9-14-21(18)19)13(8-11)20-12-4-2-1-3-5-12/h1-8,14H,9H2,(H,18,19). The Morgan fingerprint density at radius 2 is 1.95 bits per heavy atom. The Balaban J connectivity index is 2.31. The van der Waals surface area contributed by atoms with Crippen LogP contribution in [0.4, 0.5) is 5.69 Å². The zero-order valence-electron chi connectivity index (χ0n) is 10.8. The van der Waals surface area contributed by atoms with Crippen LogP contribution in [0.3, 0.4) is 0 Å². The lowest BCUT2D eigenvalue weighted by molar-refractivity contribution is -0.384. The van der Waals surface area contributed by atoms with Crippen LogP contribution in [0.2, 0.25) is 0 Å². The number of para-hydroxylation sites is 1. The second-order valence-corrected chi connectivity index (χ2v) is 4.82. The minimum atomic E-state index is -2.17. The van der Waals surface area contributed by atoms with Crippen LogP contribution >= 0.6 is 0 Å². The smallest absolute Gasteiger partial charge is 0.273 e. The third kappa shape index (κ3) is 4.35. The Labute approximate surface area is 123 Å². The van der Waals surface area contributed by atoms with E-state index in [-0.39, 0.29) is 18.0 Å². The van der Waals surface area contributed by atoms with Gasteiger partial charge in [0.2, 0.25) is 11.3 Å². The molecule has 7 nitrogen and oxygen atoms in total. The third-order valence-electron chi connectivity index (χ3n) is 2.62. The molecule has 0 spiro atoms. The first-order valence-electron chi connectivity index (χ1n) is 5.91. The highest BCUT2D eigenvalue weighted by atomic mass is 32.2. The largest absolute Gasteiger partial charge is 0.457 e. The summed E-state index contributed by atoms with van der Waals surface area (Å²) in [5.74, 6) is 0.776. The predicted molar refractivity (Wildman–Crippen MR) is 77.2 cm³/mol. The van der Waals surface area contributed by atoms with Crippen LogP contribution in [0.25, 0.3) is 0 Å². The summed E-state index contributed by atoms with van der Waals surface area (Å²) in [5, 5.41) is 10.8. The molecule has 0 bridgehead atoms. The molecule has 2 aromatic rings. The molecule has 0 amide bonds. The molecular weight excluding hydrogens is 296 g/mol. The Bertz CT molecular complexity index is 663. The van der Waals surface area contributed by atoms with Crippen molar-refractivity contribution in [2.24, 2.45) is 0 Å². The summed E-state index contributed by atoms with van der Waals surface area (Å²) in [5.41, 5.74) is 0.418. The van der Waals surface area contributed by atoms with Gasteiger partial charge in [0.25, 0.3) is 5.69 Å². The van der Waals surface area contributed by atoms with Crippen LogP contribution in [-0.4, -0.2) is 13.7 Å². The fourth-order valence-electron chi connectivity index (χ4n) is 1.65. The average molecular weight is 308 g/mol.